The molecule has 0 aromatic heterocycles. The Morgan fingerprint density at radius 2 is 2.20 bits per heavy atom. The van der Waals surface area contributed by atoms with Gasteiger partial charge in [0.25, 0.3) is 0 Å². The number of benzene rings is 1. The fourth-order valence-corrected chi connectivity index (χ4v) is 2.99. The van der Waals surface area contributed by atoms with Crippen molar-refractivity contribution >= 4 is 0 Å². The molecular weight excluding hydrogens is 253 g/mol. The molecule has 0 radical (unpaired) electrons. The van der Waals surface area contributed by atoms with Gasteiger partial charge in [0, 0.05) is 25.2 Å². The molecule has 1 N–H and O–H groups in total. The van der Waals surface area contributed by atoms with E-state index >= 15 is 0 Å². The summed E-state index contributed by atoms with van der Waals surface area (Å²) in [6.07, 6.45) is 4.98. The Balaban J connectivity index is 1.71. The number of nitriles is 1. The summed E-state index contributed by atoms with van der Waals surface area (Å²) in [5, 5.41) is 12.7. The second-order valence-corrected chi connectivity index (χ2v) is 5.87. The van der Waals surface area contributed by atoms with E-state index in [4.69, 9.17) is 5.26 Å². The highest BCUT2D eigenvalue weighted by Crippen LogP contribution is 2.29. The Bertz CT molecular complexity index is 513. The van der Waals surface area contributed by atoms with Gasteiger partial charge in [-0.15, -0.1) is 0 Å². The molecule has 1 saturated carbocycles. The van der Waals surface area contributed by atoms with Gasteiger partial charge in [-0.3, -0.25) is 4.90 Å². The van der Waals surface area contributed by atoms with Crippen LogP contribution in [0.2, 0.25) is 0 Å². The smallest absolute Gasteiger partial charge is 0.124 e. The molecule has 2 aliphatic rings. The molecule has 4 heteroatoms. The Labute approximate surface area is 119 Å². The van der Waals surface area contributed by atoms with Crippen LogP contribution in [0.5, 0.6) is 0 Å². The molecule has 1 saturated heterocycles. The van der Waals surface area contributed by atoms with Gasteiger partial charge in [0.15, 0.2) is 0 Å². The van der Waals surface area contributed by atoms with Crippen LogP contribution in [0.1, 0.15) is 36.8 Å². The third kappa shape index (κ3) is 3.17. The van der Waals surface area contributed by atoms with E-state index in [-0.39, 0.29) is 5.82 Å². The molecule has 1 aliphatic carbocycles. The summed E-state index contributed by atoms with van der Waals surface area (Å²) >= 11 is 0. The predicted octanol–water partition coefficient (Wildman–Crippen LogP) is 2.41. The number of nitrogens with one attached hydrogen (secondary N) is 1. The van der Waals surface area contributed by atoms with E-state index < -0.39 is 0 Å². The highest BCUT2D eigenvalue weighted by atomic mass is 19.1. The van der Waals surface area contributed by atoms with Gasteiger partial charge < -0.3 is 5.32 Å². The molecule has 3 rings (SSSR count). The monoisotopic (exact) mass is 273 g/mol. The molecule has 1 aromatic rings. The lowest BCUT2D eigenvalue weighted by Gasteiger charge is -2.26. The first kappa shape index (κ1) is 13.5. The van der Waals surface area contributed by atoms with Crippen LogP contribution in [0.25, 0.3) is 0 Å². The highest BCUT2D eigenvalue weighted by molar-refractivity contribution is 5.38. The standard InChI is InChI=1S/C16H20FN3/c17-14-4-3-12(13(8-14)9-18)10-20(16-5-6-16)11-15-2-1-7-19-15/h3-4,8,15-16,19H,1-2,5-7,10-11H2. The fraction of sp³-hybridized carbons (Fsp3) is 0.562. The van der Waals surface area contributed by atoms with Crippen molar-refractivity contribution in [2.24, 2.45) is 0 Å². The van der Waals surface area contributed by atoms with Gasteiger partial charge in [-0.2, -0.15) is 5.26 Å². The number of rotatable bonds is 5. The number of hydrogen-bond acceptors (Lipinski definition) is 3. The average Bonchev–Trinajstić information content (AvgIpc) is 3.18. The Morgan fingerprint density at radius 1 is 1.35 bits per heavy atom. The minimum Gasteiger partial charge on any atom is -0.313 e. The minimum absolute atomic E-state index is 0.333. The molecule has 1 heterocycles. The zero-order chi connectivity index (χ0) is 13.9. The van der Waals surface area contributed by atoms with E-state index in [2.05, 4.69) is 16.3 Å². The van der Waals surface area contributed by atoms with Crippen LogP contribution < -0.4 is 5.32 Å². The zero-order valence-corrected chi connectivity index (χ0v) is 11.6. The molecule has 0 spiro atoms. The molecule has 1 atom stereocenters. The summed E-state index contributed by atoms with van der Waals surface area (Å²) in [7, 11) is 0. The van der Waals surface area contributed by atoms with Crippen molar-refractivity contribution in [3.8, 4) is 6.07 Å². The summed E-state index contributed by atoms with van der Waals surface area (Å²) in [4.78, 5) is 2.46. The van der Waals surface area contributed by atoms with Crippen LogP contribution in [0.3, 0.4) is 0 Å². The maximum Gasteiger partial charge on any atom is 0.124 e. The van der Waals surface area contributed by atoms with E-state index in [0.717, 1.165) is 25.2 Å². The average molecular weight is 273 g/mol. The predicted molar refractivity (Wildman–Crippen MR) is 75.6 cm³/mol. The van der Waals surface area contributed by atoms with Crippen molar-refractivity contribution in [2.45, 2.75) is 44.3 Å². The quantitative estimate of drug-likeness (QED) is 0.895. The van der Waals surface area contributed by atoms with E-state index in [1.807, 2.05) is 0 Å². The van der Waals surface area contributed by atoms with Gasteiger partial charge in [-0.25, -0.2) is 4.39 Å². The number of halogens is 1. The summed E-state index contributed by atoms with van der Waals surface area (Å²) < 4.78 is 13.2. The van der Waals surface area contributed by atoms with Crippen LogP contribution in [0.4, 0.5) is 4.39 Å². The summed E-state index contributed by atoms with van der Waals surface area (Å²) in [6.45, 7) is 2.90. The van der Waals surface area contributed by atoms with Gasteiger partial charge in [0.1, 0.15) is 5.82 Å². The van der Waals surface area contributed by atoms with Gasteiger partial charge in [-0.05, 0) is 49.9 Å². The van der Waals surface area contributed by atoms with Crippen molar-refractivity contribution in [1.82, 2.24) is 10.2 Å². The maximum atomic E-state index is 13.2. The maximum absolute atomic E-state index is 13.2. The second kappa shape index (κ2) is 5.90. The fourth-order valence-electron chi connectivity index (χ4n) is 2.99. The topological polar surface area (TPSA) is 39.1 Å². The van der Waals surface area contributed by atoms with Crippen molar-refractivity contribution < 1.29 is 4.39 Å². The van der Waals surface area contributed by atoms with Crippen LogP contribution in [-0.2, 0) is 6.54 Å². The minimum atomic E-state index is -0.333. The molecule has 1 aliphatic heterocycles. The summed E-state index contributed by atoms with van der Waals surface area (Å²) in [5.41, 5.74) is 1.41. The third-order valence-corrected chi connectivity index (χ3v) is 4.25. The largest absolute Gasteiger partial charge is 0.313 e. The van der Waals surface area contributed by atoms with Gasteiger partial charge in [0.05, 0.1) is 11.6 Å². The molecule has 2 fully saturated rings. The summed E-state index contributed by atoms with van der Waals surface area (Å²) in [6, 6.07) is 7.88. The zero-order valence-electron chi connectivity index (χ0n) is 11.6. The molecule has 0 bridgehead atoms. The van der Waals surface area contributed by atoms with Crippen LogP contribution in [-0.4, -0.2) is 30.1 Å². The third-order valence-electron chi connectivity index (χ3n) is 4.25. The molecule has 106 valence electrons. The van der Waals surface area contributed by atoms with Crippen molar-refractivity contribution in [1.29, 1.82) is 5.26 Å². The molecule has 3 nitrogen and oxygen atoms in total. The normalized spacial score (nSPS) is 22.1. The van der Waals surface area contributed by atoms with Crippen LogP contribution in [0, 0.1) is 17.1 Å². The van der Waals surface area contributed by atoms with Crippen LogP contribution in [0.15, 0.2) is 18.2 Å². The first-order valence-electron chi connectivity index (χ1n) is 7.42. The Morgan fingerprint density at radius 3 is 2.85 bits per heavy atom. The van der Waals surface area contributed by atoms with Crippen LogP contribution >= 0.6 is 0 Å². The van der Waals surface area contributed by atoms with Crippen molar-refractivity contribution in [3.63, 3.8) is 0 Å². The van der Waals surface area contributed by atoms with Gasteiger partial charge in [-0.1, -0.05) is 6.07 Å². The Kier molecular flexibility index (Phi) is 4.00. The molecule has 20 heavy (non-hydrogen) atoms. The van der Waals surface area contributed by atoms with E-state index in [0.29, 0.717) is 17.6 Å². The molecule has 0 amide bonds. The molecule has 1 unspecified atom stereocenters. The highest BCUT2D eigenvalue weighted by Gasteiger charge is 2.31. The number of hydrogen-bond donors (Lipinski definition) is 1. The lowest BCUT2D eigenvalue weighted by atomic mass is 10.1. The second-order valence-electron chi connectivity index (χ2n) is 5.87. The summed E-state index contributed by atoms with van der Waals surface area (Å²) in [5.74, 6) is -0.333. The lowest BCUT2D eigenvalue weighted by molar-refractivity contribution is 0.231. The van der Waals surface area contributed by atoms with Gasteiger partial charge in [0.2, 0.25) is 0 Å². The van der Waals surface area contributed by atoms with E-state index in [1.54, 1.807) is 6.07 Å². The molecular formula is C16H20FN3. The number of nitrogens with zero attached hydrogens (tertiary/aromatic N) is 2. The Hall–Kier alpha value is -1.44. The first-order chi connectivity index (χ1) is 9.76. The van der Waals surface area contributed by atoms with Crippen molar-refractivity contribution in [2.75, 3.05) is 13.1 Å². The molecule has 1 aromatic carbocycles. The van der Waals surface area contributed by atoms with E-state index in [1.165, 1.54) is 37.8 Å². The SMILES string of the molecule is N#Cc1cc(F)ccc1CN(CC1CCCN1)C1CC1. The van der Waals surface area contributed by atoms with E-state index in [9.17, 15) is 4.39 Å². The lowest BCUT2D eigenvalue weighted by Crippen LogP contribution is -2.38. The van der Waals surface area contributed by atoms with Gasteiger partial charge >= 0.3 is 0 Å². The van der Waals surface area contributed by atoms with Crippen molar-refractivity contribution in [3.05, 3.63) is 35.1 Å². The first-order valence-corrected chi connectivity index (χ1v) is 7.42.